The van der Waals surface area contributed by atoms with Crippen LogP contribution in [0.25, 0.3) is 0 Å². The fourth-order valence-electron chi connectivity index (χ4n) is 2.30. The number of methoxy groups -OCH3 is 1. The van der Waals surface area contributed by atoms with Gasteiger partial charge in [-0.15, -0.1) is 0 Å². The van der Waals surface area contributed by atoms with Crippen molar-refractivity contribution in [1.82, 2.24) is 0 Å². The zero-order valence-corrected chi connectivity index (χ0v) is 17.1. The quantitative estimate of drug-likeness (QED) is 0.311. The smallest absolute Gasteiger partial charge is 0.305 e. The van der Waals surface area contributed by atoms with E-state index in [1.807, 2.05) is 12.2 Å². The number of carbonyl (C=O) groups excluding carboxylic acids is 2. The first kappa shape index (κ1) is 21.2. The summed E-state index contributed by atoms with van der Waals surface area (Å²) in [6.07, 6.45) is 9.72. The van der Waals surface area contributed by atoms with Gasteiger partial charge in [0.15, 0.2) is 14.1 Å². The molecular weight excluding hydrogens is 340 g/mol. The average molecular weight is 371 g/mol. The summed E-state index contributed by atoms with van der Waals surface area (Å²) >= 11 is 1.80. The Morgan fingerprint density at radius 3 is 2.79 bits per heavy atom. The van der Waals surface area contributed by atoms with E-state index in [4.69, 9.17) is 4.43 Å². The third-order valence-electron chi connectivity index (χ3n) is 3.55. The second-order valence-corrected chi connectivity index (χ2v) is 12.7. The highest BCUT2D eigenvalue weighted by molar-refractivity contribution is 8.00. The zero-order chi connectivity index (χ0) is 18.0. The van der Waals surface area contributed by atoms with Gasteiger partial charge in [0.1, 0.15) is 0 Å². The van der Waals surface area contributed by atoms with Crippen LogP contribution in [0.3, 0.4) is 0 Å². The van der Waals surface area contributed by atoms with E-state index in [1.54, 1.807) is 11.8 Å². The minimum absolute atomic E-state index is 0.161. The molecule has 0 bridgehead atoms. The molecule has 6 heteroatoms. The molecule has 0 aromatic rings. The van der Waals surface area contributed by atoms with Crippen molar-refractivity contribution in [1.29, 1.82) is 0 Å². The van der Waals surface area contributed by atoms with Crippen LogP contribution < -0.4 is 0 Å². The van der Waals surface area contributed by atoms with Gasteiger partial charge in [-0.3, -0.25) is 9.59 Å². The number of ketones is 1. The van der Waals surface area contributed by atoms with Gasteiger partial charge in [0.25, 0.3) is 0 Å². The van der Waals surface area contributed by atoms with Crippen molar-refractivity contribution in [3.05, 3.63) is 23.8 Å². The average Bonchev–Trinajstić information content (AvgIpc) is 2.86. The Kier molecular flexibility index (Phi) is 9.62. The van der Waals surface area contributed by atoms with Gasteiger partial charge in [0, 0.05) is 36.0 Å². The maximum Gasteiger partial charge on any atom is 0.305 e. The van der Waals surface area contributed by atoms with Gasteiger partial charge < -0.3 is 9.16 Å². The predicted octanol–water partition coefficient (Wildman–Crippen LogP) is 4.13. The Labute approximate surface area is 151 Å². The monoisotopic (exact) mass is 370 g/mol. The molecule has 0 saturated heterocycles. The predicted molar refractivity (Wildman–Crippen MR) is 103 cm³/mol. The molecule has 24 heavy (non-hydrogen) atoms. The van der Waals surface area contributed by atoms with Gasteiger partial charge in [-0.05, 0) is 38.9 Å². The molecule has 4 nitrogen and oxygen atoms in total. The normalized spacial score (nSPS) is 18.2. The van der Waals surface area contributed by atoms with Crippen molar-refractivity contribution in [3.8, 4) is 0 Å². The van der Waals surface area contributed by atoms with E-state index in [-0.39, 0.29) is 17.0 Å². The first-order valence-corrected chi connectivity index (χ1v) is 13.0. The van der Waals surface area contributed by atoms with Crippen LogP contribution in [0.1, 0.15) is 32.1 Å². The minimum atomic E-state index is -1.44. The summed E-state index contributed by atoms with van der Waals surface area (Å²) in [5.41, 5.74) is 0.826. The van der Waals surface area contributed by atoms with Gasteiger partial charge in [0.05, 0.1) is 7.11 Å². The number of carbonyl (C=O) groups is 2. The van der Waals surface area contributed by atoms with Crippen molar-refractivity contribution in [2.45, 2.75) is 57.0 Å². The largest absolute Gasteiger partial charge is 0.469 e. The van der Waals surface area contributed by atoms with Crippen LogP contribution in [0.5, 0.6) is 0 Å². The number of Topliss-reactive ketones (excluding diaryl/α,β-unsaturated/α-hetero) is 1. The van der Waals surface area contributed by atoms with Crippen LogP contribution in [0.4, 0.5) is 0 Å². The highest BCUT2D eigenvalue weighted by atomic mass is 32.2. The topological polar surface area (TPSA) is 52.6 Å². The van der Waals surface area contributed by atoms with E-state index >= 15 is 0 Å². The summed E-state index contributed by atoms with van der Waals surface area (Å²) < 4.78 is 10.4. The molecule has 0 saturated carbocycles. The molecule has 1 rings (SSSR count). The van der Waals surface area contributed by atoms with Crippen LogP contribution in [-0.4, -0.2) is 44.8 Å². The summed E-state index contributed by atoms with van der Waals surface area (Å²) in [5.74, 6) is 0.999. The third-order valence-corrected chi connectivity index (χ3v) is 5.75. The van der Waals surface area contributed by atoms with Crippen LogP contribution in [-0.2, 0) is 18.8 Å². The molecule has 136 valence electrons. The first-order valence-electron chi connectivity index (χ1n) is 8.56. The second-order valence-electron chi connectivity index (χ2n) is 6.84. The molecule has 1 atom stereocenters. The number of hydrogen-bond donors (Lipinski definition) is 0. The van der Waals surface area contributed by atoms with Crippen molar-refractivity contribution >= 4 is 31.8 Å². The lowest BCUT2D eigenvalue weighted by Gasteiger charge is -2.17. The summed E-state index contributed by atoms with van der Waals surface area (Å²) in [6, 6.07) is 0. The molecule has 1 aliphatic carbocycles. The Hall–Kier alpha value is -0.853. The van der Waals surface area contributed by atoms with E-state index in [0.29, 0.717) is 12.8 Å². The molecule has 0 amide bonds. The van der Waals surface area contributed by atoms with Gasteiger partial charge >= 0.3 is 5.97 Å². The number of ether oxygens (including phenoxy) is 1. The van der Waals surface area contributed by atoms with Crippen LogP contribution in [0.2, 0.25) is 19.6 Å². The molecular formula is C18H30O4SSi. The molecule has 0 radical (unpaired) electrons. The van der Waals surface area contributed by atoms with E-state index < -0.39 is 8.32 Å². The number of rotatable bonds is 11. The van der Waals surface area contributed by atoms with Crippen LogP contribution >= 0.6 is 11.8 Å². The number of hydrogen-bond acceptors (Lipinski definition) is 5. The summed E-state index contributed by atoms with van der Waals surface area (Å²) in [5, 5.41) is 0.279. The number of esters is 1. The first-order chi connectivity index (χ1) is 11.3. The molecule has 0 spiro atoms. The molecule has 0 heterocycles. The van der Waals surface area contributed by atoms with Crippen molar-refractivity contribution in [3.63, 3.8) is 0 Å². The molecule has 1 aliphatic rings. The molecule has 0 aliphatic heterocycles. The number of unbranched alkanes of at least 4 members (excludes halogenated alkanes) is 2. The van der Waals surface area contributed by atoms with Crippen LogP contribution in [0.15, 0.2) is 23.8 Å². The lowest BCUT2D eigenvalue weighted by Crippen LogP contribution is -2.26. The minimum Gasteiger partial charge on any atom is -0.469 e. The summed E-state index contributed by atoms with van der Waals surface area (Å²) in [7, 11) is -0.0265. The highest BCUT2D eigenvalue weighted by Gasteiger charge is 2.22. The van der Waals surface area contributed by atoms with E-state index in [9.17, 15) is 9.59 Å². The molecule has 0 aromatic heterocycles. The van der Waals surface area contributed by atoms with E-state index in [2.05, 4.69) is 30.5 Å². The Balaban J connectivity index is 2.23. The standard InChI is InChI=1S/C18H30O4SSi/c1-21-18(20)10-8-6-5-7-9-15-13-16(14-17(15)19)23-12-11-22-24(2,3)4/h7,9,13,16H,5-6,8,10-12,14H2,1-4H3/b9-7-. The molecule has 1 unspecified atom stereocenters. The zero-order valence-electron chi connectivity index (χ0n) is 15.3. The fourth-order valence-corrected chi connectivity index (χ4v) is 4.16. The summed E-state index contributed by atoms with van der Waals surface area (Å²) in [4.78, 5) is 23.0. The lowest BCUT2D eigenvalue weighted by molar-refractivity contribution is -0.140. The second kappa shape index (κ2) is 10.9. The Morgan fingerprint density at radius 2 is 2.12 bits per heavy atom. The lowest BCUT2D eigenvalue weighted by atomic mass is 10.1. The Bertz CT molecular complexity index is 480. The van der Waals surface area contributed by atoms with Gasteiger partial charge in [-0.2, -0.15) is 11.8 Å². The molecule has 0 N–H and O–H groups in total. The van der Waals surface area contributed by atoms with Gasteiger partial charge in [0.2, 0.25) is 0 Å². The maximum atomic E-state index is 12.0. The van der Waals surface area contributed by atoms with Crippen molar-refractivity contribution < 1.29 is 18.8 Å². The van der Waals surface area contributed by atoms with Gasteiger partial charge in [-0.25, -0.2) is 0 Å². The van der Waals surface area contributed by atoms with Crippen molar-refractivity contribution in [2.24, 2.45) is 0 Å². The number of thioether (sulfide) groups is 1. The van der Waals surface area contributed by atoms with E-state index in [1.165, 1.54) is 7.11 Å². The maximum absolute atomic E-state index is 12.0. The van der Waals surface area contributed by atoms with Gasteiger partial charge in [-0.1, -0.05) is 18.2 Å². The molecule has 0 fully saturated rings. The number of allylic oxidation sites excluding steroid dienone is 3. The van der Waals surface area contributed by atoms with Crippen molar-refractivity contribution in [2.75, 3.05) is 19.5 Å². The third kappa shape index (κ3) is 9.44. The fraction of sp³-hybridized carbons (Fsp3) is 0.667. The molecule has 0 aromatic carbocycles. The van der Waals surface area contributed by atoms with Crippen LogP contribution in [0, 0.1) is 0 Å². The highest BCUT2D eigenvalue weighted by Crippen LogP contribution is 2.27. The Morgan fingerprint density at radius 1 is 1.38 bits per heavy atom. The SMILES string of the molecule is COC(=O)CCCC/C=C\C1=CC(SCCO[Si](C)(C)C)CC1=O. The van der Waals surface area contributed by atoms with E-state index in [0.717, 1.165) is 37.2 Å². The summed E-state index contributed by atoms with van der Waals surface area (Å²) in [6.45, 7) is 7.32.